The van der Waals surface area contributed by atoms with Gasteiger partial charge in [0.2, 0.25) is 23.3 Å². The molecule has 0 bridgehead atoms. The van der Waals surface area contributed by atoms with Crippen LogP contribution in [0.3, 0.4) is 0 Å². The van der Waals surface area contributed by atoms with Crippen LogP contribution in [0.25, 0.3) is 72.2 Å². The number of rotatable bonds is 12. The van der Waals surface area contributed by atoms with E-state index in [-0.39, 0.29) is 21.9 Å². The molecule has 1 aliphatic carbocycles. The first-order valence-electron chi connectivity index (χ1n) is 30.0. The number of carbonyl (C=O) groups excluding carboxylic acids is 1. The van der Waals surface area contributed by atoms with Crippen molar-refractivity contribution in [3.8, 4) is 44.5 Å². The second-order valence-corrected chi connectivity index (χ2v) is 23.2. The number of urea groups is 1. The number of piperazine rings is 1. The molecule has 13 rings (SSSR count). The zero-order valence-electron chi connectivity index (χ0n) is 52.5. The van der Waals surface area contributed by atoms with E-state index in [0.29, 0.717) is 64.7 Å². The molecule has 5 aromatic heterocycles. The lowest BCUT2D eigenvalue weighted by Gasteiger charge is -2.31. The predicted molar refractivity (Wildman–Crippen MR) is 364 cm³/mol. The number of aromatic nitrogens is 5. The van der Waals surface area contributed by atoms with Crippen LogP contribution in [0.4, 0.5) is 45.7 Å². The number of hydrogen-bond donors (Lipinski definition) is 4. The Morgan fingerprint density at radius 3 is 2.14 bits per heavy atom. The fourth-order valence-corrected chi connectivity index (χ4v) is 13.5. The van der Waals surface area contributed by atoms with Gasteiger partial charge in [0.25, 0.3) is 10.7 Å². The third kappa shape index (κ3) is 13.3. The highest BCUT2D eigenvalue weighted by atomic mass is 32.1. The summed E-state index contributed by atoms with van der Waals surface area (Å²) in [5.41, 5.74) is 11.1. The van der Waals surface area contributed by atoms with Crippen molar-refractivity contribution >= 4 is 96.0 Å². The van der Waals surface area contributed by atoms with Gasteiger partial charge in [-0.1, -0.05) is 92.2 Å². The van der Waals surface area contributed by atoms with Gasteiger partial charge in [-0.15, -0.1) is 11.3 Å². The third-order valence-electron chi connectivity index (χ3n) is 15.7. The van der Waals surface area contributed by atoms with Crippen molar-refractivity contribution in [2.45, 2.75) is 40.8 Å². The first-order chi connectivity index (χ1) is 44.8. The number of carbonyl (C=O) groups is 2. The van der Waals surface area contributed by atoms with E-state index in [9.17, 15) is 37.7 Å². The average molecular weight is 1300 g/mol. The van der Waals surface area contributed by atoms with Crippen LogP contribution in [0.1, 0.15) is 64.5 Å². The Bertz CT molecular complexity index is 4670. The summed E-state index contributed by atoms with van der Waals surface area (Å²) in [6, 6.07) is 47.6. The van der Waals surface area contributed by atoms with Crippen molar-refractivity contribution in [2.75, 3.05) is 60.9 Å². The summed E-state index contributed by atoms with van der Waals surface area (Å²) in [6.07, 6.45) is 1.18. The van der Waals surface area contributed by atoms with E-state index in [4.69, 9.17) is 9.84 Å². The lowest BCUT2D eigenvalue weighted by molar-refractivity contribution is -0.654. The van der Waals surface area contributed by atoms with Crippen LogP contribution in [-0.2, 0) is 20.3 Å². The van der Waals surface area contributed by atoms with Gasteiger partial charge in [-0.25, -0.2) is 19.4 Å². The minimum Gasteiger partial charge on any atom is -0.481 e. The summed E-state index contributed by atoms with van der Waals surface area (Å²) in [7, 11) is 7.30. The molecule has 0 saturated carbocycles. The number of aromatic carboxylic acids is 1. The molecule has 1 aliphatic heterocycles. The quantitative estimate of drug-likeness (QED) is 0.0516. The molecule has 2 aliphatic rings. The number of nitrogens with zero attached hydrogens (tertiary/aromatic N) is 8. The Balaban J connectivity index is 0.000000307. The van der Waals surface area contributed by atoms with E-state index >= 15 is 0 Å². The van der Waals surface area contributed by atoms with Crippen LogP contribution in [0.2, 0.25) is 0 Å². The number of pyridine rings is 2. The number of anilines is 4. The SMILES string of the molecule is CC.CC.COc1ccc(-c2ccc3c(c2)c2c(c[n+]3N(C)c3ccc(/C=C4/c5ccccc5-c5c4sc(-c4ccccc4)[n+]5C)cc3)n(C)c(=O)n2-c2ccc(N3CCNCC3)c(C(F)(F)F)c2)cn1.Cc1cc(NC(=O)Nc2ccc([N+](=O)[O-])cc2)sc1C(=O)O. The molecule has 1 fully saturated rings. The molecule has 4 N–H and O–H groups in total. The highest BCUT2D eigenvalue weighted by Crippen LogP contribution is 2.48. The number of nitrogens with one attached hydrogen (secondary N) is 3. The maximum absolute atomic E-state index is 14.9. The average Bonchev–Trinajstić information content (AvgIpc) is 1.63. The van der Waals surface area contributed by atoms with Crippen molar-refractivity contribution < 1.29 is 46.8 Å². The number of fused-ring (bicyclic) bond motifs is 6. The molecule has 6 aromatic carbocycles. The van der Waals surface area contributed by atoms with Gasteiger partial charge in [0.15, 0.2) is 0 Å². The Kier molecular flexibility index (Phi) is 19.7. The highest BCUT2D eigenvalue weighted by molar-refractivity contribution is 7.18. The fourth-order valence-electron chi connectivity index (χ4n) is 11.3. The number of thiophene rings is 1. The van der Waals surface area contributed by atoms with E-state index in [0.717, 1.165) is 45.3 Å². The van der Waals surface area contributed by atoms with Gasteiger partial charge in [-0.2, -0.15) is 22.7 Å². The number of aryl methyl sites for hydroxylation is 2. The molecule has 0 radical (unpaired) electrons. The van der Waals surface area contributed by atoms with Crippen LogP contribution < -0.4 is 45.5 Å². The second kappa shape index (κ2) is 27.9. The maximum atomic E-state index is 14.9. The highest BCUT2D eigenvalue weighted by Gasteiger charge is 2.38. The molecule has 11 aromatic rings. The smallest absolute Gasteiger partial charge is 0.418 e. The Hall–Kier alpha value is -10.5. The summed E-state index contributed by atoms with van der Waals surface area (Å²) in [4.78, 5) is 54.7. The molecule has 23 heteroatoms. The largest absolute Gasteiger partial charge is 0.481 e. The summed E-state index contributed by atoms with van der Waals surface area (Å²) < 4.78 is 57.3. The molecule has 0 unspecified atom stereocenters. The molecule has 18 nitrogen and oxygen atoms in total. The van der Waals surface area contributed by atoms with Gasteiger partial charge in [0.1, 0.15) is 22.3 Å². The normalized spacial score (nSPS) is 12.8. The zero-order chi connectivity index (χ0) is 66.4. The summed E-state index contributed by atoms with van der Waals surface area (Å²) in [5.74, 6) is -0.586. The standard InChI is InChI=1S/C53H45F3N8O2S.C13H11N3O5S.2C2H6/c1-59-46-32-63(61(3)37-18-14-33(15-19-37)28-41-39-12-8-9-13-40(39)49-50(41)67-51(60(49)2)34-10-6-5-7-11-34)44-21-16-35(36-17-23-47(66-4)58-31-36)29-42(44)48(46)64(52(59)65)38-20-22-45(43(30-38)53(54,55)56)62-26-24-57-25-27-62;1-7-6-10(22-11(7)12(17)18)15-13(19)14-8-2-4-9(5-3-8)16(20)21;2*1-2/h5-23,28-32,57H,24-27H2,1-4H3;2-6H,1H3,(H,17,18)(H2,14,15,19);2*1-2H3/q+2;;;/b41-28-;;;. The Morgan fingerprint density at radius 1 is 0.828 bits per heavy atom. The summed E-state index contributed by atoms with van der Waals surface area (Å²) >= 11 is 2.75. The summed E-state index contributed by atoms with van der Waals surface area (Å²) in [5, 5.41) is 32.0. The van der Waals surface area contributed by atoms with Crippen molar-refractivity contribution in [3.05, 3.63) is 223 Å². The van der Waals surface area contributed by atoms with E-state index in [2.05, 4.69) is 111 Å². The topological polar surface area (TPSA) is 197 Å². The van der Waals surface area contributed by atoms with Crippen molar-refractivity contribution in [2.24, 2.45) is 14.1 Å². The molecule has 0 atom stereocenters. The third-order valence-corrected chi connectivity index (χ3v) is 18.2. The Labute approximate surface area is 542 Å². The monoisotopic (exact) mass is 1300 g/mol. The van der Waals surface area contributed by atoms with Crippen LogP contribution in [0, 0.1) is 17.0 Å². The number of benzene rings is 6. The number of nitro groups is 1. The van der Waals surface area contributed by atoms with E-state index in [1.54, 1.807) is 61.7 Å². The van der Waals surface area contributed by atoms with Gasteiger partial charge >= 0.3 is 23.9 Å². The van der Waals surface area contributed by atoms with Gasteiger partial charge in [0, 0.05) is 86.2 Å². The number of imidazole rings is 1. The summed E-state index contributed by atoms with van der Waals surface area (Å²) in [6.45, 7) is 11.7. The minimum atomic E-state index is -4.66. The lowest BCUT2D eigenvalue weighted by atomic mass is 10.0. The van der Waals surface area contributed by atoms with Gasteiger partial charge in [0.05, 0.1) is 63.0 Å². The van der Waals surface area contributed by atoms with Crippen LogP contribution in [0.15, 0.2) is 175 Å². The second-order valence-electron chi connectivity index (χ2n) is 21.2. The van der Waals surface area contributed by atoms with Crippen molar-refractivity contribution in [1.29, 1.82) is 0 Å². The lowest BCUT2D eigenvalue weighted by Crippen LogP contribution is -2.52. The first-order valence-corrected chi connectivity index (χ1v) is 31.7. The Morgan fingerprint density at radius 2 is 1.51 bits per heavy atom. The minimum absolute atomic E-state index is 0.0778. The van der Waals surface area contributed by atoms with E-state index < -0.39 is 34.4 Å². The predicted octanol–water partition coefficient (Wildman–Crippen LogP) is 14.7. The van der Waals surface area contributed by atoms with Gasteiger partial charge < -0.3 is 25.4 Å². The molecule has 93 heavy (non-hydrogen) atoms. The molecular formula is C70H68F3N11O7S2+2. The molecule has 1 saturated heterocycles. The number of ether oxygens (including phenoxy) is 1. The number of carboxylic acids is 1. The number of alkyl halides is 3. The molecular weight excluding hydrogens is 1230 g/mol. The van der Waals surface area contributed by atoms with E-state index in [1.165, 1.54) is 77.3 Å². The number of carboxylic acid groups (broad SMARTS) is 1. The van der Waals surface area contributed by atoms with E-state index in [1.807, 2.05) is 81.0 Å². The van der Waals surface area contributed by atoms with Crippen molar-refractivity contribution in [1.82, 2.24) is 19.4 Å². The molecule has 2 amide bonds. The van der Waals surface area contributed by atoms with Crippen LogP contribution >= 0.6 is 22.7 Å². The molecule has 6 heterocycles. The number of nitro benzene ring substituents is 1. The number of halogens is 3. The number of thiazole rings is 1. The fraction of sp³-hybridized carbons (Fsp3) is 0.200. The van der Waals surface area contributed by atoms with Crippen molar-refractivity contribution in [3.63, 3.8) is 0 Å². The molecule has 0 spiro atoms. The molecule has 476 valence electrons. The number of non-ortho nitro benzene ring substituents is 1. The zero-order valence-corrected chi connectivity index (χ0v) is 54.1. The first kappa shape index (κ1) is 65.5. The van der Waals surface area contributed by atoms with Crippen LogP contribution in [-0.4, -0.2) is 76.5 Å². The number of methoxy groups -OCH3 is 1. The van der Waals surface area contributed by atoms with Gasteiger partial charge in [-0.3, -0.25) is 24.6 Å². The number of amides is 2. The number of hydrogen-bond acceptors (Lipinski definition) is 12. The maximum Gasteiger partial charge on any atom is 0.418 e. The van der Waals surface area contributed by atoms with Crippen LogP contribution in [0.5, 0.6) is 5.88 Å². The van der Waals surface area contributed by atoms with Gasteiger partial charge in [-0.05, 0) is 120 Å².